The van der Waals surface area contributed by atoms with Gasteiger partial charge in [0.05, 0.1) is 7.14 Å². The highest BCUT2D eigenvalue weighted by Gasteiger charge is 2.07. The van der Waals surface area contributed by atoms with Gasteiger partial charge < -0.3 is 9.84 Å². The Morgan fingerprint density at radius 3 is 2.05 bits per heavy atom. The van der Waals surface area contributed by atoms with Gasteiger partial charge in [-0.1, -0.05) is 26.0 Å². The van der Waals surface area contributed by atoms with Crippen molar-refractivity contribution in [1.29, 1.82) is 0 Å². The molecule has 106 valence electrons. The topological polar surface area (TPSA) is 29.5 Å². The molecule has 0 heterocycles. The lowest BCUT2D eigenvalue weighted by atomic mass is 10.0. The quantitative estimate of drug-likeness (QED) is 0.562. The van der Waals surface area contributed by atoms with Crippen molar-refractivity contribution in [3.63, 3.8) is 0 Å². The van der Waals surface area contributed by atoms with Crippen molar-refractivity contribution in [2.75, 3.05) is 0 Å². The normalized spacial score (nSPS) is 10.8. The molecule has 2 aromatic carbocycles. The molecule has 0 fully saturated rings. The first kappa shape index (κ1) is 15.9. The molecule has 2 rings (SSSR count). The summed E-state index contributed by atoms with van der Waals surface area (Å²) in [5, 5.41) is 9.75. The maximum Gasteiger partial charge on any atom is 0.142 e. The van der Waals surface area contributed by atoms with Gasteiger partial charge in [-0.2, -0.15) is 0 Å². The van der Waals surface area contributed by atoms with E-state index >= 15 is 0 Å². The number of phenols is 1. The third-order valence-electron chi connectivity index (χ3n) is 2.79. The highest BCUT2D eigenvalue weighted by atomic mass is 127. The van der Waals surface area contributed by atoms with Gasteiger partial charge in [0, 0.05) is 0 Å². The van der Waals surface area contributed by atoms with Crippen LogP contribution in [0.3, 0.4) is 0 Å². The van der Waals surface area contributed by atoms with E-state index in [0.29, 0.717) is 11.7 Å². The SMILES string of the molecule is CC(C)Cc1ccc(Oc2cc(I)c(O)c(I)c2)cc1. The van der Waals surface area contributed by atoms with Crippen LogP contribution in [0.25, 0.3) is 0 Å². The molecule has 2 nitrogen and oxygen atoms in total. The van der Waals surface area contributed by atoms with Crippen LogP contribution in [-0.4, -0.2) is 5.11 Å². The molecule has 0 saturated carbocycles. The molecule has 0 aliphatic heterocycles. The summed E-state index contributed by atoms with van der Waals surface area (Å²) in [5.74, 6) is 2.52. The Bertz CT molecular complexity index is 569. The highest BCUT2D eigenvalue weighted by Crippen LogP contribution is 2.32. The number of halogens is 2. The summed E-state index contributed by atoms with van der Waals surface area (Å²) in [6.45, 7) is 4.43. The van der Waals surface area contributed by atoms with E-state index < -0.39 is 0 Å². The number of rotatable bonds is 4. The van der Waals surface area contributed by atoms with Crippen LogP contribution in [0.1, 0.15) is 19.4 Å². The van der Waals surface area contributed by atoms with E-state index in [4.69, 9.17) is 4.74 Å². The molecular weight excluding hydrogens is 478 g/mol. The molecule has 4 heteroatoms. The minimum Gasteiger partial charge on any atom is -0.506 e. The molecule has 0 aliphatic carbocycles. The summed E-state index contributed by atoms with van der Waals surface area (Å²) >= 11 is 4.20. The number of benzene rings is 2. The molecule has 0 aliphatic rings. The van der Waals surface area contributed by atoms with Crippen molar-refractivity contribution in [3.8, 4) is 17.2 Å². The zero-order valence-electron chi connectivity index (χ0n) is 11.4. The van der Waals surface area contributed by atoms with Gasteiger partial charge in [-0.15, -0.1) is 0 Å². The second-order valence-corrected chi connectivity index (χ2v) is 7.40. The van der Waals surface area contributed by atoms with Gasteiger partial charge in [-0.3, -0.25) is 0 Å². The highest BCUT2D eigenvalue weighted by molar-refractivity contribution is 14.1. The number of hydrogen-bond donors (Lipinski definition) is 1. The van der Waals surface area contributed by atoms with Crippen LogP contribution in [0.15, 0.2) is 36.4 Å². The third-order valence-corrected chi connectivity index (χ3v) is 4.44. The average Bonchev–Trinajstić information content (AvgIpc) is 2.37. The van der Waals surface area contributed by atoms with Crippen LogP contribution in [0.5, 0.6) is 17.2 Å². The van der Waals surface area contributed by atoms with Crippen molar-refractivity contribution in [2.24, 2.45) is 5.92 Å². The second-order valence-electron chi connectivity index (χ2n) is 5.08. The zero-order chi connectivity index (χ0) is 14.7. The predicted octanol–water partition coefficient (Wildman–Crippen LogP) is 5.59. The van der Waals surface area contributed by atoms with E-state index in [1.165, 1.54) is 5.56 Å². The summed E-state index contributed by atoms with van der Waals surface area (Å²) < 4.78 is 7.42. The Morgan fingerprint density at radius 2 is 1.55 bits per heavy atom. The van der Waals surface area contributed by atoms with Crippen molar-refractivity contribution in [1.82, 2.24) is 0 Å². The van der Waals surface area contributed by atoms with E-state index in [2.05, 4.69) is 71.2 Å². The first-order chi connectivity index (χ1) is 9.45. The standard InChI is InChI=1S/C16H16I2O2/c1-10(2)7-11-3-5-12(6-4-11)20-13-8-14(17)16(19)15(18)9-13/h3-6,8-10,19H,7H2,1-2H3. The van der Waals surface area contributed by atoms with E-state index in [1.807, 2.05) is 24.3 Å². The Labute approximate surface area is 146 Å². The van der Waals surface area contributed by atoms with Crippen molar-refractivity contribution in [3.05, 3.63) is 49.1 Å². The summed E-state index contributed by atoms with van der Waals surface area (Å²) in [4.78, 5) is 0. The molecule has 0 spiro atoms. The Morgan fingerprint density at radius 1 is 1.00 bits per heavy atom. The maximum atomic E-state index is 9.75. The Kier molecular flexibility index (Phi) is 5.54. The van der Waals surface area contributed by atoms with Gasteiger partial charge >= 0.3 is 0 Å². The van der Waals surface area contributed by atoms with Gasteiger partial charge in [-0.25, -0.2) is 0 Å². The molecule has 0 atom stereocenters. The fourth-order valence-electron chi connectivity index (χ4n) is 1.90. The van der Waals surface area contributed by atoms with E-state index in [9.17, 15) is 5.11 Å². The molecule has 0 amide bonds. The molecule has 0 radical (unpaired) electrons. The van der Waals surface area contributed by atoms with Crippen LogP contribution >= 0.6 is 45.2 Å². The van der Waals surface area contributed by atoms with E-state index in [1.54, 1.807) is 0 Å². The molecule has 0 bridgehead atoms. The van der Waals surface area contributed by atoms with Gasteiger partial charge in [0.1, 0.15) is 17.2 Å². The van der Waals surface area contributed by atoms with Crippen LogP contribution in [-0.2, 0) is 6.42 Å². The Hall–Kier alpha value is -0.500. The van der Waals surface area contributed by atoms with Crippen LogP contribution < -0.4 is 4.74 Å². The summed E-state index contributed by atoms with van der Waals surface area (Å²) in [6, 6.07) is 11.9. The smallest absolute Gasteiger partial charge is 0.142 e. The lowest BCUT2D eigenvalue weighted by molar-refractivity contribution is 0.457. The van der Waals surface area contributed by atoms with Crippen LogP contribution in [0.4, 0.5) is 0 Å². The van der Waals surface area contributed by atoms with Crippen molar-refractivity contribution < 1.29 is 9.84 Å². The van der Waals surface area contributed by atoms with E-state index in [-0.39, 0.29) is 0 Å². The lowest BCUT2D eigenvalue weighted by Gasteiger charge is -2.10. The zero-order valence-corrected chi connectivity index (χ0v) is 15.7. The summed E-state index contributed by atoms with van der Waals surface area (Å²) in [7, 11) is 0. The number of hydrogen-bond acceptors (Lipinski definition) is 2. The first-order valence-corrected chi connectivity index (χ1v) is 8.56. The molecular formula is C16H16I2O2. The number of aromatic hydroxyl groups is 1. The maximum absolute atomic E-state index is 9.75. The number of ether oxygens (including phenoxy) is 1. The van der Waals surface area contributed by atoms with Gasteiger partial charge in [0.25, 0.3) is 0 Å². The van der Waals surface area contributed by atoms with Crippen LogP contribution in [0.2, 0.25) is 0 Å². The summed E-state index contributed by atoms with van der Waals surface area (Å²) in [6.07, 6.45) is 1.08. The lowest BCUT2D eigenvalue weighted by Crippen LogP contribution is -1.94. The van der Waals surface area contributed by atoms with E-state index in [0.717, 1.165) is 25.1 Å². The fourth-order valence-corrected chi connectivity index (χ4v) is 3.61. The molecule has 0 saturated heterocycles. The van der Waals surface area contributed by atoms with Gasteiger partial charge in [0.2, 0.25) is 0 Å². The Balaban J connectivity index is 2.14. The van der Waals surface area contributed by atoms with Crippen molar-refractivity contribution in [2.45, 2.75) is 20.3 Å². The average molecular weight is 494 g/mol. The predicted molar refractivity (Wildman–Crippen MR) is 98.6 cm³/mol. The molecule has 2 aromatic rings. The summed E-state index contributed by atoms with van der Waals surface area (Å²) in [5.41, 5.74) is 1.32. The largest absolute Gasteiger partial charge is 0.506 e. The fraction of sp³-hybridized carbons (Fsp3) is 0.250. The minimum atomic E-state index is 0.311. The second kappa shape index (κ2) is 6.98. The molecule has 0 aromatic heterocycles. The molecule has 20 heavy (non-hydrogen) atoms. The monoisotopic (exact) mass is 494 g/mol. The first-order valence-electron chi connectivity index (χ1n) is 6.40. The molecule has 0 unspecified atom stereocenters. The number of phenolic OH excluding ortho intramolecular Hbond substituents is 1. The van der Waals surface area contributed by atoms with Gasteiger partial charge in [0.15, 0.2) is 0 Å². The van der Waals surface area contributed by atoms with Crippen molar-refractivity contribution >= 4 is 45.2 Å². The third kappa shape index (κ3) is 4.25. The minimum absolute atomic E-state index is 0.311. The van der Waals surface area contributed by atoms with Gasteiger partial charge in [-0.05, 0) is 87.3 Å². The van der Waals surface area contributed by atoms with Crippen LogP contribution in [0, 0.1) is 13.1 Å². The molecule has 1 N–H and O–H groups in total.